The van der Waals surface area contributed by atoms with Gasteiger partial charge < -0.3 is 0 Å². The molecule has 2 aliphatic rings. The van der Waals surface area contributed by atoms with Crippen molar-refractivity contribution in [3.63, 3.8) is 0 Å². The van der Waals surface area contributed by atoms with Gasteiger partial charge in [0, 0.05) is 23.4 Å². The van der Waals surface area contributed by atoms with Crippen LogP contribution in [-0.2, 0) is 16.0 Å². The van der Waals surface area contributed by atoms with Crippen molar-refractivity contribution in [3.05, 3.63) is 71.4 Å². The Kier molecular flexibility index (Phi) is 4.26. The molecule has 1 heterocycles. The minimum atomic E-state index is -4.37. The Morgan fingerprint density at radius 3 is 1.93 bits per heavy atom. The highest BCUT2D eigenvalue weighted by atomic mass is 32.2. The fourth-order valence-electron chi connectivity index (χ4n) is 3.72. The highest BCUT2D eigenvalue weighted by Gasteiger charge is 2.38. The first-order chi connectivity index (χ1) is 13.1. The first kappa shape index (κ1) is 18.9. The zero-order valence-electron chi connectivity index (χ0n) is 15.1. The third-order valence-electron chi connectivity index (χ3n) is 5.39. The van der Waals surface area contributed by atoms with Crippen LogP contribution in [0.1, 0.15) is 36.0 Å². The van der Waals surface area contributed by atoms with Crippen molar-refractivity contribution in [3.8, 4) is 0 Å². The quantitative estimate of drug-likeness (QED) is 0.709. The summed E-state index contributed by atoms with van der Waals surface area (Å²) in [5.41, 5.74) is 2.45. The summed E-state index contributed by atoms with van der Waals surface area (Å²) in [6, 6.07) is 8.30. The molecule has 1 spiro atoms. The second kappa shape index (κ2) is 6.30. The van der Waals surface area contributed by atoms with Gasteiger partial charge in [-0.2, -0.15) is 13.2 Å². The number of allylic oxidation sites excluding steroid dienone is 4. The van der Waals surface area contributed by atoms with Crippen molar-refractivity contribution in [2.45, 2.75) is 30.5 Å². The van der Waals surface area contributed by atoms with Gasteiger partial charge in [0.1, 0.15) is 0 Å². The molecular weight excluding hydrogens is 387 g/mol. The van der Waals surface area contributed by atoms with Gasteiger partial charge in [-0.3, -0.25) is 0 Å². The van der Waals surface area contributed by atoms with Crippen molar-refractivity contribution in [2.75, 3.05) is 6.26 Å². The molecule has 0 amide bonds. The van der Waals surface area contributed by atoms with E-state index < -0.39 is 21.6 Å². The fourth-order valence-corrected chi connectivity index (χ4v) is 4.28. The second-order valence-electron chi connectivity index (χ2n) is 7.44. The molecule has 4 rings (SSSR count). The first-order valence-electron chi connectivity index (χ1n) is 8.88. The molecule has 146 valence electrons. The molecule has 0 aliphatic heterocycles. The fraction of sp³-hybridized carbons (Fsp3) is 0.286. The van der Waals surface area contributed by atoms with Gasteiger partial charge in [-0.05, 0) is 53.8 Å². The lowest BCUT2D eigenvalue weighted by molar-refractivity contribution is -0.137. The Morgan fingerprint density at radius 1 is 0.929 bits per heavy atom. The lowest BCUT2D eigenvalue weighted by atomic mass is 9.70. The number of sulfone groups is 1. The molecule has 2 aromatic rings. The number of benzene rings is 1. The predicted molar refractivity (Wildman–Crippen MR) is 101 cm³/mol. The van der Waals surface area contributed by atoms with Crippen molar-refractivity contribution in [1.82, 2.24) is 4.98 Å². The SMILES string of the molecule is CS(=O)(=O)c1ccc(C2=CC3(C=C2c2ccc(C(F)(F)F)cc2)CCC3)cn1. The topological polar surface area (TPSA) is 47.0 Å². The molecule has 1 aromatic heterocycles. The lowest BCUT2D eigenvalue weighted by Crippen LogP contribution is -2.22. The number of rotatable bonds is 3. The van der Waals surface area contributed by atoms with E-state index in [9.17, 15) is 21.6 Å². The van der Waals surface area contributed by atoms with Gasteiger partial charge in [-0.15, -0.1) is 0 Å². The molecule has 0 radical (unpaired) electrons. The molecule has 0 bridgehead atoms. The van der Waals surface area contributed by atoms with E-state index in [-0.39, 0.29) is 10.4 Å². The normalized spacial score (nSPS) is 18.6. The van der Waals surface area contributed by atoms with Gasteiger partial charge >= 0.3 is 6.18 Å². The number of aromatic nitrogens is 1. The van der Waals surface area contributed by atoms with Crippen molar-refractivity contribution < 1.29 is 21.6 Å². The highest BCUT2D eigenvalue weighted by Crippen LogP contribution is 2.54. The van der Waals surface area contributed by atoms with E-state index >= 15 is 0 Å². The molecule has 0 saturated heterocycles. The van der Waals surface area contributed by atoms with E-state index in [0.29, 0.717) is 5.56 Å². The number of hydrogen-bond donors (Lipinski definition) is 0. The van der Waals surface area contributed by atoms with E-state index in [4.69, 9.17) is 0 Å². The Balaban J connectivity index is 1.74. The van der Waals surface area contributed by atoms with Crippen LogP contribution in [0.4, 0.5) is 13.2 Å². The minimum absolute atomic E-state index is 0.00624. The molecule has 3 nitrogen and oxygen atoms in total. The molecule has 1 fully saturated rings. The van der Waals surface area contributed by atoms with E-state index in [1.54, 1.807) is 6.07 Å². The molecule has 0 atom stereocenters. The van der Waals surface area contributed by atoms with Crippen LogP contribution >= 0.6 is 0 Å². The Morgan fingerprint density at radius 2 is 1.50 bits per heavy atom. The molecule has 7 heteroatoms. The van der Waals surface area contributed by atoms with Gasteiger partial charge in [-0.25, -0.2) is 13.4 Å². The Labute approximate surface area is 161 Å². The van der Waals surface area contributed by atoms with Gasteiger partial charge in [-0.1, -0.05) is 30.7 Å². The van der Waals surface area contributed by atoms with E-state index in [1.807, 2.05) is 0 Å². The van der Waals surface area contributed by atoms with Crippen LogP contribution in [0, 0.1) is 5.41 Å². The zero-order valence-corrected chi connectivity index (χ0v) is 15.9. The summed E-state index contributed by atoms with van der Waals surface area (Å²) in [5, 5.41) is -0.00624. The highest BCUT2D eigenvalue weighted by molar-refractivity contribution is 7.90. The summed E-state index contributed by atoms with van der Waals surface area (Å²) < 4.78 is 61.9. The van der Waals surface area contributed by atoms with Crippen LogP contribution in [0.25, 0.3) is 11.1 Å². The largest absolute Gasteiger partial charge is 0.416 e. The third-order valence-corrected chi connectivity index (χ3v) is 6.39. The van der Waals surface area contributed by atoms with Crippen molar-refractivity contribution in [2.24, 2.45) is 5.41 Å². The molecule has 28 heavy (non-hydrogen) atoms. The number of pyridine rings is 1. The molecule has 1 aromatic carbocycles. The molecular formula is C21H18F3NO2S. The maximum Gasteiger partial charge on any atom is 0.416 e. The summed E-state index contributed by atoms with van der Waals surface area (Å²) in [7, 11) is -3.40. The van der Waals surface area contributed by atoms with Gasteiger partial charge in [0.2, 0.25) is 0 Å². The molecule has 2 aliphatic carbocycles. The van der Waals surface area contributed by atoms with Crippen LogP contribution < -0.4 is 0 Å². The second-order valence-corrected chi connectivity index (χ2v) is 9.40. The van der Waals surface area contributed by atoms with Gasteiger partial charge in [0.05, 0.1) is 5.56 Å². The molecule has 0 N–H and O–H groups in total. The molecule has 1 saturated carbocycles. The summed E-state index contributed by atoms with van der Waals surface area (Å²) in [4.78, 5) is 4.06. The van der Waals surface area contributed by atoms with Crippen molar-refractivity contribution >= 4 is 21.0 Å². The summed E-state index contributed by atoms with van der Waals surface area (Å²) in [6.07, 6.45) is 5.59. The van der Waals surface area contributed by atoms with Crippen LogP contribution in [0.5, 0.6) is 0 Å². The summed E-state index contributed by atoms with van der Waals surface area (Å²) in [6.45, 7) is 0. The average Bonchev–Trinajstić information content (AvgIpc) is 3.02. The number of alkyl halides is 3. The Bertz CT molecular complexity index is 1080. The van der Waals surface area contributed by atoms with Gasteiger partial charge in [0.15, 0.2) is 14.9 Å². The average molecular weight is 405 g/mol. The van der Waals surface area contributed by atoms with Crippen molar-refractivity contribution in [1.29, 1.82) is 0 Å². The Hall–Kier alpha value is -2.41. The monoisotopic (exact) mass is 405 g/mol. The maximum atomic E-state index is 12.9. The third kappa shape index (κ3) is 3.39. The van der Waals surface area contributed by atoms with Crippen LogP contribution in [0.3, 0.4) is 0 Å². The summed E-state index contributed by atoms with van der Waals surface area (Å²) >= 11 is 0. The number of nitrogens with zero attached hydrogens (tertiary/aromatic N) is 1. The molecule has 0 unspecified atom stereocenters. The number of halogens is 3. The smallest absolute Gasteiger partial charge is 0.244 e. The standard InChI is InChI=1S/C21H18F3NO2S/c1-28(26,27)19-8-5-15(13-25-19)18-12-20(9-2-10-20)11-17(18)14-3-6-16(7-4-14)21(22,23)24/h3-8,11-13H,2,9-10H2,1H3. The van der Waals surface area contributed by atoms with Crippen LogP contribution in [-0.4, -0.2) is 19.7 Å². The van der Waals surface area contributed by atoms with E-state index in [0.717, 1.165) is 54.4 Å². The number of hydrogen-bond acceptors (Lipinski definition) is 3. The van der Waals surface area contributed by atoms with E-state index in [1.165, 1.54) is 24.4 Å². The van der Waals surface area contributed by atoms with E-state index in [2.05, 4.69) is 17.1 Å². The van der Waals surface area contributed by atoms with Crippen LogP contribution in [0.15, 0.2) is 59.8 Å². The minimum Gasteiger partial charge on any atom is -0.244 e. The summed E-state index contributed by atoms with van der Waals surface area (Å²) in [5.74, 6) is 0. The van der Waals surface area contributed by atoms with Crippen LogP contribution in [0.2, 0.25) is 0 Å². The first-order valence-corrected chi connectivity index (χ1v) is 10.8. The lowest BCUT2D eigenvalue weighted by Gasteiger charge is -2.34. The zero-order chi connectivity index (χ0) is 20.2. The maximum absolute atomic E-state index is 12.9. The predicted octanol–water partition coefficient (Wildman–Crippen LogP) is 5.15. The van der Waals surface area contributed by atoms with Gasteiger partial charge in [0.25, 0.3) is 0 Å².